The largest absolute Gasteiger partial charge is 0.391 e. The summed E-state index contributed by atoms with van der Waals surface area (Å²) in [6, 6.07) is 15.0. The Kier molecular flexibility index (Phi) is 7.98. The van der Waals surface area contributed by atoms with Crippen molar-refractivity contribution >= 4 is 17.3 Å². The molecule has 1 saturated carbocycles. The van der Waals surface area contributed by atoms with E-state index in [9.17, 15) is 23.2 Å². The molecular formula is C26H33F3N4O2. The predicted molar refractivity (Wildman–Crippen MR) is 129 cm³/mol. The van der Waals surface area contributed by atoms with Gasteiger partial charge >= 0.3 is 6.18 Å². The zero-order valence-electron chi connectivity index (χ0n) is 20.0. The number of rotatable bonds is 7. The van der Waals surface area contributed by atoms with E-state index in [1.807, 2.05) is 53.4 Å². The van der Waals surface area contributed by atoms with E-state index in [1.54, 1.807) is 0 Å². The van der Waals surface area contributed by atoms with E-state index in [1.165, 1.54) is 0 Å². The summed E-state index contributed by atoms with van der Waals surface area (Å²) >= 11 is 0. The normalized spacial score (nSPS) is 21.7. The Bertz CT molecular complexity index is 974. The van der Waals surface area contributed by atoms with Gasteiger partial charge in [0.1, 0.15) is 0 Å². The molecule has 190 valence electrons. The summed E-state index contributed by atoms with van der Waals surface area (Å²) in [5.74, 6) is -1.56. The number of halogens is 3. The molecule has 35 heavy (non-hydrogen) atoms. The van der Waals surface area contributed by atoms with Gasteiger partial charge in [0.2, 0.25) is 0 Å². The van der Waals surface area contributed by atoms with Crippen molar-refractivity contribution in [2.75, 3.05) is 45.1 Å². The molecule has 2 unspecified atom stereocenters. The lowest BCUT2D eigenvalue weighted by atomic mass is 9.96. The number of piperazine rings is 1. The van der Waals surface area contributed by atoms with Gasteiger partial charge in [0.25, 0.3) is 5.91 Å². The number of carbonyl (C=O) groups excluding carboxylic acids is 1. The van der Waals surface area contributed by atoms with Gasteiger partial charge in [0.05, 0.1) is 19.0 Å². The van der Waals surface area contributed by atoms with Crippen molar-refractivity contribution in [3.05, 3.63) is 59.7 Å². The molecule has 1 amide bonds. The van der Waals surface area contributed by atoms with E-state index in [0.29, 0.717) is 6.42 Å². The average Bonchev–Trinajstić information content (AvgIpc) is 3.33. The molecule has 1 aliphatic carbocycles. The number of benzene rings is 2. The van der Waals surface area contributed by atoms with Gasteiger partial charge in [0, 0.05) is 37.6 Å². The molecule has 0 aromatic heterocycles. The molecule has 1 saturated heterocycles. The molecule has 6 nitrogen and oxygen atoms in total. The van der Waals surface area contributed by atoms with Crippen molar-refractivity contribution in [2.45, 2.75) is 37.9 Å². The molecule has 0 bridgehead atoms. The summed E-state index contributed by atoms with van der Waals surface area (Å²) in [4.78, 5) is 16.6. The highest BCUT2D eigenvalue weighted by atomic mass is 19.4. The SMILES string of the molecule is CN1CCN(CC(=O)N(O)Cc2ccc(Nc3ccc(C4CCC(C(F)(F)F)C4)cc3)cc2)CC1. The average molecular weight is 491 g/mol. The van der Waals surface area contributed by atoms with Crippen LogP contribution in [0.3, 0.4) is 0 Å². The Labute approximate surface area is 204 Å². The number of carbonyl (C=O) groups is 1. The molecule has 2 fully saturated rings. The molecule has 2 aliphatic rings. The number of nitrogens with one attached hydrogen (secondary N) is 1. The Morgan fingerprint density at radius 1 is 1.00 bits per heavy atom. The molecule has 2 aromatic carbocycles. The number of alkyl halides is 3. The third kappa shape index (κ3) is 6.96. The minimum atomic E-state index is -4.10. The first kappa shape index (κ1) is 25.5. The molecule has 0 spiro atoms. The predicted octanol–water partition coefficient (Wildman–Crippen LogP) is 4.84. The molecule has 0 radical (unpaired) electrons. The molecule has 1 heterocycles. The molecule has 2 atom stereocenters. The maximum Gasteiger partial charge on any atom is 0.391 e. The number of likely N-dealkylation sites (N-methyl/N-ethyl adjacent to an activating group) is 1. The van der Waals surface area contributed by atoms with Crippen molar-refractivity contribution in [1.82, 2.24) is 14.9 Å². The van der Waals surface area contributed by atoms with Gasteiger partial charge < -0.3 is 10.2 Å². The number of nitrogens with zero attached hydrogens (tertiary/aromatic N) is 3. The van der Waals surface area contributed by atoms with Crippen LogP contribution < -0.4 is 5.32 Å². The van der Waals surface area contributed by atoms with Crippen LogP contribution in [-0.4, -0.2) is 71.9 Å². The van der Waals surface area contributed by atoms with Crippen LogP contribution >= 0.6 is 0 Å². The van der Waals surface area contributed by atoms with E-state index >= 15 is 0 Å². The second kappa shape index (κ2) is 11.0. The second-order valence-corrected chi connectivity index (χ2v) is 9.72. The van der Waals surface area contributed by atoms with Gasteiger partial charge in [0.15, 0.2) is 0 Å². The van der Waals surface area contributed by atoms with Gasteiger partial charge in [-0.05, 0) is 67.6 Å². The van der Waals surface area contributed by atoms with Gasteiger partial charge in [-0.3, -0.25) is 14.9 Å². The van der Waals surface area contributed by atoms with Crippen molar-refractivity contribution in [3.8, 4) is 0 Å². The third-order valence-corrected chi connectivity index (χ3v) is 7.10. The first-order valence-electron chi connectivity index (χ1n) is 12.1. The fourth-order valence-electron chi connectivity index (χ4n) is 4.82. The number of hydrogen-bond acceptors (Lipinski definition) is 5. The molecule has 2 aromatic rings. The minimum Gasteiger partial charge on any atom is -0.356 e. The van der Waals surface area contributed by atoms with E-state index in [2.05, 4.69) is 17.3 Å². The van der Waals surface area contributed by atoms with Crippen LogP contribution in [0.25, 0.3) is 0 Å². The smallest absolute Gasteiger partial charge is 0.356 e. The maximum absolute atomic E-state index is 13.0. The van der Waals surface area contributed by atoms with E-state index < -0.39 is 12.1 Å². The number of hydroxylamine groups is 2. The lowest BCUT2D eigenvalue weighted by Gasteiger charge is -2.32. The van der Waals surface area contributed by atoms with Crippen molar-refractivity contribution < 1.29 is 23.2 Å². The summed E-state index contributed by atoms with van der Waals surface area (Å²) in [7, 11) is 2.05. The van der Waals surface area contributed by atoms with Gasteiger partial charge in [-0.1, -0.05) is 24.3 Å². The summed E-state index contributed by atoms with van der Waals surface area (Å²) in [6.07, 6.45) is -3.17. The molecule has 2 N–H and O–H groups in total. The zero-order chi connectivity index (χ0) is 25.0. The molecular weight excluding hydrogens is 457 g/mol. The highest BCUT2D eigenvalue weighted by molar-refractivity contribution is 5.77. The quantitative estimate of drug-likeness (QED) is 0.430. The number of amides is 1. The van der Waals surface area contributed by atoms with Crippen LogP contribution in [0.2, 0.25) is 0 Å². The Balaban J connectivity index is 1.25. The van der Waals surface area contributed by atoms with E-state index in [4.69, 9.17) is 0 Å². The first-order chi connectivity index (χ1) is 16.7. The Morgan fingerprint density at radius 2 is 1.60 bits per heavy atom. The number of anilines is 2. The van der Waals surface area contributed by atoms with Gasteiger partial charge in [-0.2, -0.15) is 13.2 Å². The number of hydrogen-bond donors (Lipinski definition) is 2. The van der Waals surface area contributed by atoms with Crippen LogP contribution in [0.1, 0.15) is 36.3 Å². The molecule has 4 rings (SSSR count). The Hall–Kier alpha value is -2.62. The van der Waals surface area contributed by atoms with Crippen LogP contribution in [0.15, 0.2) is 48.5 Å². The van der Waals surface area contributed by atoms with Crippen LogP contribution in [0.5, 0.6) is 0 Å². The summed E-state index contributed by atoms with van der Waals surface area (Å²) in [5, 5.41) is 14.3. The van der Waals surface area contributed by atoms with Gasteiger partial charge in [-0.25, -0.2) is 5.06 Å². The summed E-state index contributed by atoms with van der Waals surface area (Å²) in [6.45, 7) is 3.77. The minimum absolute atomic E-state index is 0.0460. The topological polar surface area (TPSA) is 59.0 Å². The van der Waals surface area contributed by atoms with E-state index in [-0.39, 0.29) is 37.8 Å². The lowest BCUT2D eigenvalue weighted by molar-refractivity contribution is -0.172. The molecule has 9 heteroatoms. The lowest BCUT2D eigenvalue weighted by Crippen LogP contribution is -2.48. The Morgan fingerprint density at radius 3 is 2.17 bits per heavy atom. The van der Waals surface area contributed by atoms with Gasteiger partial charge in [-0.15, -0.1) is 0 Å². The van der Waals surface area contributed by atoms with E-state index in [0.717, 1.165) is 53.7 Å². The summed E-state index contributed by atoms with van der Waals surface area (Å²) < 4.78 is 38.9. The summed E-state index contributed by atoms with van der Waals surface area (Å²) in [5.41, 5.74) is 3.44. The molecule has 1 aliphatic heterocycles. The highest BCUT2D eigenvalue weighted by Crippen LogP contribution is 2.45. The third-order valence-electron chi connectivity index (χ3n) is 7.10. The maximum atomic E-state index is 13.0. The van der Waals surface area contributed by atoms with Crippen LogP contribution in [-0.2, 0) is 11.3 Å². The second-order valence-electron chi connectivity index (χ2n) is 9.72. The fraction of sp³-hybridized carbons (Fsp3) is 0.500. The standard InChI is InChI=1S/C26H33F3N4O2/c1-31-12-14-32(15-13-31)18-25(34)33(35)17-19-2-8-23(9-3-19)30-24-10-5-20(6-11-24)21-4-7-22(16-21)26(27,28)29/h2-3,5-6,8-11,21-22,30,35H,4,7,12-18H2,1H3. The highest BCUT2D eigenvalue weighted by Gasteiger charge is 2.44. The monoisotopic (exact) mass is 490 g/mol. The van der Waals surface area contributed by atoms with Crippen LogP contribution in [0, 0.1) is 5.92 Å². The first-order valence-corrected chi connectivity index (χ1v) is 12.1. The zero-order valence-corrected chi connectivity index (χ0v) is 20.0. The van der Waals surface area contributed by atoms with Crippen molar-refractivity contribution in [1.29, 1.82) is 0 Å². The van der Waals surface area contributed by atoms with Crippen LogP contribution in [0.4, 0.5) is 24.5 Å². The van der Waals surface area contributed by atoms with Crippen molar-refractivity contribution in [2.24, 2.45) is 5.92 Å². The fourth-order valence-corrected chi connectivity index (χ4v) is 4.82. The van der Waals surface area contributed by atoms with Crippen molar-refractivity contribution in [3.63, 3.8) is 0 Å².